The molecule has 1 N–H and O–H groups in total. The molecule has 0 saturated carbocycles. The lowest BCUT2D eigenvalue weighted by Gasteiger charge is -2.20. The van der Waals surface area contributed by atoms with Gasteiger partial charge in [-0.2, -0.15) is 0 Å². The highest BCUT2D eigenvalue weighted by Crippen LogP contribution is 2.33. The van der Waals surface area contributed by atoms with Gasteiger partial charge in [0.05, 0.1) is 10.6 Å². The number of pyridine rings is 1. The summed E-state index contributed by atoms with van der Waals surface area (Å²) in [5.74, 6) is -1.14. The van der Waals surface area contributed by atoms with Crippen LogP contribution in [0.25, 0.3) is 0 Å². The minimum absolute atomic E-state index is 0.0888. The van der Waals surface area contributed by atoms with Gasteiger partial charge in [0.15, 0.2) is 9.84 Å². The van der Waals surface area contributed by atoms with Crippen molar-refractivity contribution in [3.05, 3.63) is 98.7 Å². The molecule has 0 aliphatic heterocycles. The molecule has 0 fully saturated rings. The zero-order valence-corrected chi connectivity index (χ0v) is 18.4. The molecule has 1 atom stereocenters. The molecule has 1 unspecified atom stereocenters. The second-order valence-corrected chi connectivity index (χ2v) is 9.63. The predicted molar refractivity (Wildman–Crippen MR) is 117 cm³/mol. The van der Waals surface area contributed by atoms with Gasteiger partial charge in [0.25, 0.3) is 0 Å². The molecule has 0 bridgehead atoms. The van der Waals surface area contributed by atoms with E-state index in [1.807, 2.05) is 0 Å². The number of hydrogen-bond donors (Lipinski definition) is 1. The Morgan fingerprint density at radius 3 is 2.39 bits per heavy atom. The van der Waals surface area contributed by atoms with Crippen molar-refractivity contribution in [1.29, 1.82) is 0 Å². The Hall–Kier alpha value is -2.97. The predicted octanol–water partition coefficient (Wildman–Crippen LogP) is 3.98. The Kier molecular flexibility index (Phi) is 6.62. The number of benzene rings is 2. The van der Waals surface area contributed by atoms with Gasteiger partial charge in [-0.3, -0.25) is 4.79 Å². The number of sulfone groups is 1. The van der Waals surface area contributed by atoms with Crippen LogP contribution in [0.1, 0.15) is 29.0 Å². The van der Waals surface area contributed by atoms with Crippen molar-refractivity contribution in [1.82, 2.24) is 4.57 Å². The summed E-state index contributed by atoms with van der Waals surface area (Å²) in [7, 11) is -1.82. The maximum Gasteiger partial charge on any atom is 0.250 e. The Labute approximate surface area is 184 Å². The van der Waals surface area contributed by atoms with Gasteiger partial charge >= 0.3 is 0 Å². The van der Waals surface area contributed by atoms with Crippen molar-refractivity contribution in [2.75, 3.05) is 6.26 Å². The van der Waals surface area contributed by atoms with E-state index in [2.05, 4.69) is 5.16 Å². The number of oxime groups is 1. The fourth-order valence-corrected chi connectivity index (χ4v) is 4.10. The van der Waals surface area contributed by atoms with Crippen molar-refractivity contribution in [2.45, 2.75) is 17.2 Å². The first-order valence-corrected chi connectivity index (χ1v) is 11.5. The van der Waals surface area contributed by atoms with Gasteiger partial charge < -0.3 is 9.77 Å². The minimum atomic E-state index is -3.39. The first kappa shape index (κ1) is 22.7. The Morgan fingerprint density at radius 2 is 1.84 bits per heavy atom. The van der Waals surface area contributed by atoms with Crippen LogP contribution in [-0.2, 0) is 16.9 Å². The SMILES string of the molecule is Cn1cc(C(CC(c2ccc(S(C)(=O)=O)cc2)c2ccc(Cl)cc2F)=NO)ccc1=O. The lowest BCUT2D eigenvalue weighted by atomic mass is 9.85. The molecule has 0 aliphatic rings. The van der Waals surface area contributed by atoms with Crippen molar-refractivity contribution in [2.24, 2.45) is 12.2 Å². The summed E-state index contributed by atoms with van der Waals surface area (Å²) < 4.78 is 39.7. The number of rotatable bonds is 6. The zero-order valence-electron chi connectivity index (χ0n) is 16.8. The molecule has 0 amide bonds. The van der Waals surface area contributed by atoms with Crippen LogP contribution in [-0.4, -0.2) is 30.2 Å². The molecule has 1 aromatic heterocycles. The van der Waals surface area contributed by atoms with E-state index in [0.717, 1.165) is 6.26 Å². The summed E-state index contributed by atoms with van der Waals surface area (Å²) in [6.45, 7) is 0. The summed E-state index contributed by atoms with van der Waals surface area (Å²) in [6, 6.07) is 13.3. The molecular weight excluding hydrogens is 443 g/mol. The lowest BCUT2D eigenvalue weighted by molar-refractivity contribution is 0.317. The zero-order chi connectivity index (χ0) is 22.8. The number of halogens is 2. The van der Waals surface area contributed by atoms with E-state index in [1.165, 1.54) is 41.1 Å². The van der Waals surface area contributed by atoms with Gasteiger partial charge in [0, 0.05) is 48.5 Å². The van der Waals surface area contributed by atoms with Gasteiger partial charge in [0.2, 0.25) is 5.56 Å². The third-order valence-electron chi connectivity index (χ3n) is 4.99. The summed E-state index contributed by atoms with van der Waals surface area (Å²) in [6.07, 6.45) is 2.72. The van der Waals surface area contributed by atoms with Gasteiger partial charge in [-0.25, -0.2) is 12.8 Å². The molecule has 9 heteroatoms. The van der Waals surface area contributed by atoms with Crippen LogP contribution < -0.4 is 5.56 Å². The molecule has 0 radical (unpaired) electrons. The van der Waals surface area contributed by atoms with E-state index < -0.39 is 21.6 Å². The summed E-state index contributed by atoms with van der Waals surface area (Å²) >= 11 is 5.90. The van der Waals surface area contributed by atoms with Crippen LogP contribution in [0.15, 0.2) is 75.6 Å². The first-order valence-electron chi connectivity index (χ1n) is 9.23. The number of nitrogens with zero attached hydrogens (tertiary/aromatic N) is 2. The number of aromatic nitrogens is 1. The smallest absolute Gasteiger partial charge is 0.250 e. The molecule has 0 saturated heterocycles. The third-order valence-corrected chi connectivity index (χ3v) is 6.35. The van der Waals surface area contributed by atoms with E-state index in [1.54, 1.807) is 31.3 Å². The summed E-state index contributed by atoms with van der Waals surface area (Å²) in [4.78, 5) is 11.8. The molecule has 3 aromatic rings. The summed E-state index contributed by atoms with van der Waals surface area (Å²) in [5.41, 5.74) is 1.44. The molecule has 0 aliphatic carbocycles. The molecule has 31 heavy (non-hydrogen) atoms. The van der Waals surface area contributed by atoms with Crippen LogP contribution in [0.5, 0.6) is 0 Å². The van der Waals surface area contributed by atoms with Crippen LogP contribution in [0.3, 0.4) is 0 Å². The van der Waals surface area contributed by atoms with E-state index in [9.17, 15) is 22.8 Å². The fourth-order valence-electron chi connectivity index (χ4n) is 3.31. The van der Waals surface area contributed by atoms with Gasteiger partial charge in [-0.05, 0) is 41.5 Å². The molecule has 0 spiro atoms. The highest BCUT2D eigenvalue weighted by molar-refractivity contribution is 7.90. The Morgan fingerprint density at radius 1 is 1.16 bits per heavy atom. The van der Waals surface area contributed by atoms with E-state index in [4.69, 9.17) is 11.6 Å². The molecule has 1 heterocycles. The normalized spacial score (nSPS) is 13.2. The van der Waals surface area contributed by atoms with Crippen LogP contribution in [0, 0.1) is 5.82 Å². The standard InChI is InChI=1S/C22H20ClFN2O4S/c1-26-13-15(5-10-22(26)27)21(25-28)12-19(18-9-6-16(23)11-20(18)24)14-3-7-17(8-4-14)31(2,29)30/h3-11,13,19,28H,12H2,1-2H3. The van der Waals surface area contributed by atoms with E-state index in [0.29, 0.717) is 16.7 Å². The van der Waals surface area contributed by atoms with Gasteiger partial charge in [-0.15, -0.1) is 0 Å². The third kappa shape index (κ3) is 5.21. The van der Waals surface area contributed by atoms with Crippen LogP contribution >= 0.6 is 11.6 Å². The number of hydrogen-bond acceptors (Lipinski definition) is 5. The Bertz CT molecular complexity index is 1300. The fraction of sp³-hybridized carbons (Fsp3) is 0.182. The van der Waals surface area contributed by atoms with Gasteiger partial charge in [-0.1, -0.05) is 35.0 Å². The quantitative estimate of drug-likeness (QED) is 0.341. The average molecular weight is 463 g/mol. The second-order valence-electron chi connectivity index (χ2n) is 7.18. The monoisotopic (exact) mass is 462 g/mol. The molecule has 162 valence electrons. The summed E-state index contributed by atoms with van der Waals surface area (Å²) in [5, 5.41) is 13.3. The van der Waals surface area contributed by atoms with Gasteiger partial charge in [0.1, 0.15) is 5.82 Å². The van der Waals surface area contributed by atoms with Crippen LogP contribution in [0.2, 0.25) is 5.02 Å². The van der Waals surface area contributed by atoms with Crippen molar-refractivity contribution in [3.8, 4) is 0 Å². The molecule has 2 aromatic carbocycles. The molecule has 3 rings (SSSR count). The Balaban J connectivity index is 2.09. The van der Waals surface area contributed by atoms with Crippen LogP contribution in [0.4, 0.5) is 4.39 Å². The van der Waals surface area contributed by atoms with Crippen molar-refractivity contribution < 1.29 is 18.0 Å². The topological polar surface area (TPSA) is 88.7 Å². The highest BCUT2D eigenvalue weighted by Gasteiger charge is 2.23. The maximum atomic E-state index is 14.8. The van der Waals surface area contributed by atoms with Crippen molar-refractivity contribution in [3.63, 3.8) is 0 Å². The molecular formula is C22H20ClFN2O4S. The average Bonchev–Trinajstić information content (AvgIpc) is 2.71. The van der Waals surface area contributed by atoms with E-state index >= 15 is 0 Å². The van der Waals surface area contributed by atoms with E-state index in [-0.39, 0.29) is 27.6 Å². The minimum Gasteiger partial charge on any atom is -0.411 e. The highest BCUT2D eigenvalue weighted by atomic mass is 35.5. The maximum absolute atomic E-state index is 14.8. The van der Waals surface area contributed by atoms with Crippen molar-refractivity contribution >= 4 is 27.1 Å². The second kappa shape index (κ2) is 9.03. The number of aryl methyl sites for hydroxylation is 1. The molecule has 6 nitrogen and oxygen atoms in total. The first-order chi connectivity index (χ1) is 14.6. The lowest BCUT2D eigenvalue weighted by Crippen LogP contribution is -2.18. The largest absolute Gasteiger partial charge is 0.411 e.